The largest absolute Gasteiger partial charge is 0.378 e. The quantitative estimate of drug-likeness (QED) is 0.754. The monoisotopic (exact) mass is 365 g/mol. The van der Waals surface area contributed by atoms with E-state index < -0.39 is 11.0 Å². The second-order valence-corrected chi connectivity index (χ2v) is 6.71. The zero-order valence-electron chi connectivity index (χ0n) is 14.6. The molecule has 1 aromatic carbocycles. The minimum Gasteiger partial charge on any atom is -0.378 e. The normalized spacial score (nSPS) is 24.1. The van der Waals surface area contributed by atoms with Crippen LogP contribution < -0.4 is 11.1 Å². The van der Waals surface area contributed by atoms with E-state index in [2.05, 4.69) is 20.5 Å². The van der Waals surface area contributed by atoms with Crippen LogP contribution in [-0.4, -0.2) is 39.3 Å². The highest BCUT2D eigenvalue weighted by molar-refractivity contribution is 5.99. The highest BCUT2D eigenvalue weighted by Gasteiger charge is 2.62. The number of nitrogens with one attached hydrogen (secondary N) is 2. The fourth-order valence-electron chi connectivity index (χ4n) is 3.12. The number of aromatic amines is 1. The van der Waals surface area contributed by atoms with Gasteiger partial charge in [-0.2, -0.15) is 5.10 Å². The Morgan fingerprint density at radius 3 is 2.60 bits per heavy atom. The Kier molecular flexibility index (Phi) is 5.51. The van der Waals surface area contributed by atoms with Crippen molar-refractivity contribution < 1.29 is 9.53 Å². The standard InChI is InChI=1S/C17H23N5O2.ClH/c1-4-24-13-9-17(18,16(13,2)3)15(23)21-12-7-5-11(6-8-12)14-19-10-20-22-14;/h5-8,10,13H,4,9,18H2,1-3H3,(H,21,23)(H,19,20,22);1H. The number of halogens is 1. The van der Waals surface area contributed by atoms with Gasteiger partial charge in [0, 0.05) is 29.7 Å². The fourth-order valence-corrected chi connectivity index (χ4v) is 3.12. The molecule has 0 spiro atoms. The molecule has 1 saturated carbocycles. The van der Waals surface area contributed by atoms with Crippen LogP contribution in [0.2, 0.25) is 0 Å². The third-order valence-corrected chi connectivity index (χ3v) is 5.07. The Hall–Kier alpha value is -1.96. The Balaban J connectivity index is 0.00000225. The molecule has 7 nitrogen and oxygen atoms in total. The molecule has 1 aliphatic rings. The highest BCUT2D eigenvalue weighted by Crippen LogP contribution is 2.50. The van der Waals surface area contributed by atoms with Gasteiger partial charge < -0.3 is 15.8 Å². The minimum absolute atomic E-state index is 0. The molecular formula is C17H24ClN5O2. The summed E-state index contributed by atoms with van der Waals surface area (Å²) in [4.78, 5) is 16.8. The molecule has 0 radical (unpaired) electrons. The molecule has 1 aliphatic carbocycles. The summed E-state index contributed by atoms with van der Waals surface area (Å²) in [6.45, 7) is 6.52. The first-order valence-corrected chi connectivity index (χ1v) is 8.06. The number of hydrogen-bond acceptors (Lipinski definition) is 5. The zero-order chi connectivity index (χ0) is 17.4. The summed E-state index contributed by atoms with van der Waals surface area (Å²) in [5.74, 6) is 0.499. The van der Waals surface area contributed by atoms with Crippen molar-refractivity contribution in [3.63, 3.8) is 0 Å². The molecule has 1 aromatic heterocycles. The van der Waals surface area contributed by atoms with Crippen LogP contribution in [0.5, 0.6) is 0 Å². The van der Waals surface area contributed by atoms with Crippen LogP contribution in [0.25, 0.3) is 11.4 Å². The van der Waals surface area contributed by atoms with Crippen molar-refractivity contribution in [2.45, 2.75) is 38.8 Å². The number of carbonyl (C=O) groups excluding carboxylic acids is 1. The summed E-state index contributed by atoms with van der Waals surface area (Å²) >= 11 is 0. The van der Waals surface area contributed by atoms with E-state index in [4.69, 9.17) is 10.5 Å². The molecule has 0 aliphatic heterocycles. The number of H-pyrrole nitrogens is 1. The Labute approximate surface area is 153 Å². The first kappa shape index (κ1) is 19.4. The van der Waals surface area contributed by atoms with E-state index in [1.807, 2.05) is 45.0 Å². The van der Waals surface area contributed by atoms with Gasteiger partial charge in [0.15, 0.2) is 5.82 Å². The van der Waals surface area contributed by atoms with E-state index in [9.17, 15) is 4.79 Å². The van der Waals surface area contributed by atoms with Crippen LogP contribution in [0.4, 0.5) is 5.69 Å². The Bertz CT molecular complexity index is 717. The number of nitrogens with zero attached hydrogens (tertiary/aromatic N) is 2. The van der Waals surface area contributed by atoms with E-state index in [1.165, 1.54) is 6.33 Å². The maximum absolute atomic E-state index is 12.7. The molecule has 4 N–H and O–H groups in total. The van der Waals surface area contributed by atoms with Crippen molar-refractivity contribution in [2.75, 3.05) is 11.9 Å². The number of benzene rings is 1. The second-order valence-electron chi connectivity index (χ2n) is 6.71. The van der Waals surface area contributed by atoms with Crippen LogP contribution in [-0.2, 0) is 9.53 Å². The molecule has 1 fully saturated rings. The van der Waals surface area contributed by atoms with Crippen molar-refractivity contribution in [3.05, 3.63) is 30.6 Å². The van der Waals surface area contributed by atoms with Gasteiger partial charge in [0.25, 0.3) is 0 Å². The second kappa shape index (κ2) is 7.11. The van der Waals surface area contributed by atoms with E-state index in [-0.39, 0.29) is 24.4 Å². The molecule has 8 heteroatoms. The fraction of sp³-hybridized carbons (Fsp3) is 0.471. The lowest BCUT2D eigenvalue weighted by atomic mass is 9.54. The summed E-state index contributed by atoms with van der Waals surface area (Å²) in [5, 5.41) is 9.54. The average Bonchev–Trinajstić information content (AvgIpc) is 3.09. The van der Waals surface area contributed by atoms with Crippen molar-refractivity contribution in [2.24, 2.45) is 11.1 Å². The maximum Gasteiger partial charge on any atom is 0.245 e. The third-order valence-electron chi connectivity index (χ3n) is 5.07. The third kappa shape index (κ3) is 3.27. The van der Waals surface area contributed by atoms with Gasteiger partial charge >= 0.3 is 0 Å². The van der Waals surface area contributed by atoms with Gasteiger partial charge in [0.2, 0.25) is 5.91 Å². The summed E-state index contributed by atoms with van der Waals surface area (Å²) in [6, 6.07) is 7.39. The lowest BCUT2D eigenvalue weighted by Gasteiger charge is -2.57. The lowest BCUT2D eigenvalue weighted by Crippen LogP contribution is -2.74. The summed E-state index contributed by atoms with van der Waals surface area (Å²) in [6.07, 6.45) is 1.99. The van der Waals surface area contributed by atoms with Crippen molar-refractivity contribution in [1.82, 2.24) is 15.2 Å². The van der Waals surface area contributed by atoms with Crippen molar-refractivity contribution in [1.29, 1.82) is 0 Å². The number of ether oxygens (including phenoxy) is 1. The molecule has 136 valence electrons. The van der Waals surface area contributed by atoms with Gasteiger partial charge in [-0.15, -0.1) is 12.4 Å². The van der Waals surface area contributed by atoms with Crippen molar-refractivity contribution >= 4 is 24.0 Å². The van der Waals surface area contributed by atoms with Crippen LogP contribution in [0, 0.1) is 5.41 Å². The number of hydrogen-bond donors (Lipinski definition) is 3. The van der Waals surface area contributed by atoms with Gasteiger partial charge in [-0.3, -0.25) is 9.89 Å². The number of anilines is 1. The number of aromatic nitrogens is 3. The molecular weight excluding hydrogens is 342 g/mol. The molecule has 0 saturated heterocycles. The first-order chi connectivity index (χ1) is 11.4. The number of nitrogens with two attached hydrogens (primary N) is 1. The van der Waals surface area contributed by atoms with E-state index >= 15 is 0 Å². The Morgan fingerprint density at radius 2 is 2.08 bits per heavy atom. The van der Waals surface area contributed by atoms with Gasteiger partial charge in [0.05, 0.1) is 6.10 Å². The van der Waals surface area contributed by atoms with E-state index in [1.54, 1.807) is 0 Å². The Morgan fingerprint density at radius 1 is 1.40 bits per heavy atom. The van der Waals surface area contributed by atoms with Gasteiger partial charge in [0.1, 0.15) is 11.9 Å². The SMILES string of the molecule is CCOC1CC(N)(C(=O)Nc2ccc(-c3ncn[nH]3)cc2)C1(C)C.Cl. The van der Waals surface area contributed by atoms with Gasteiger partial charge in [-0.25, -0.2) is 4.98 Å². The maximum atomic E-state index is 12.7. The van der Waals surface area contributed by atoms with Crippen LogP contribution in [0.15, 0.2) is 30.6 Å². The predicted molar refractivity (Wildman–Crippen MR) is 98.4 cm³/mol. The van der Waals surface area contributed by atoms with Gasteiger partial charge in [-0.05, 0) is 31.2 Å². The van der Waals surface area contributed by atoms with Crippen LogP contribution >= 0.6 is 12.4 Å². The number of carbonyl (C=O) groups is 1. The van der Waals surface area contributed by atoms with E-state index in [0.717, 1.165) is 5.56 Å². The summed E-state index contributed by atoms with van der Waals surface area (Å²) in [5.41, 5.74) is 6.64. The van der Waals surface area contributed by atoms with Crippen molar-refractivity contribution in [3.8, 4) is 11.4 Å². The smallest absolute Gasteiger partial charge is 0.245 e. The number of rotatable bonds is 5. The van der Waals surface area contributed by atoms with Crippen LogP contribution in [0.1, 0.15) is 27.2 Å². The summed E-state index contributed by atoms with van der Waals surface area (Å²) < 4.78 is 5.67. The molecule has 2 unspecified atom stereocenters. The highest BCUT2D eigenvalue weighted by atomic mass is 35.5. The average molecular weight is 366 g/mol. The lowest BCUT2D eigenvalue weighted by molar-refractivity contribution is -0.166. The molecule has 3 rings (SSSR count). The topological polar surface area (TPSA) is 106 Å². The predicted octanol–water partition coefficient (Wildman–Crippen LogP) is 2.36. The number of amides is 1. The first-order valence-electron chi connectivity index (χ1n) is 8.06. The van der Waals surface area contributed by atoms with Gasteiger partial charge in [-0.1, -0.05) is 13.8 Å². The zero-order valence-corrected chi connectivity index (χ0v) is 15.4. The minimum atomic E-state index is -0.934. The molecule has 0 bridgehead atoms. The molecule has 2 aromatic rings. The molecule has 25 heavy (non-hydrogen) atoms. The van der Waals surface area contributed by atoms with Crippen LogP contribution in [0.3, 0.4) is 0 Å². The summed E-state index contributed by atoms with van der Waals surface area (Å²) in [7, 11) is 0. The molecule has 1 amide bonds. The molecule has 1 heterocycles. The van der Waals surface area contributed by atoms with E-state index in [0.29, 0.717) is 24.5 Å². The molecule has 2 atom stereocenters.